The summed E-state index contributed by atoms with van der Waals surface area (Å²) in [4.78, 5) is 39.3. The summed E-state index contributed by atoms with van der Waals surface area (Å²) in [5.41, 5.74) is 2.46. The molecule has 1 heterocycles. The molecule has 230 valence electrons. The lowest BCUT2D eigenvalue weighted by atomic mass is 10.00. The highest BCUT2D eigenvalue weighted by atomic mass is 35.5. The quantitative estimate of drug-likeness (QED) is 0.0731. The van der Waals surface area contributed by atoms with Crippen molar-refractivity contribution in [2.45, 2.75) is 47.1 Å². The maximum absolute atomic E-state index is 13.4. The third-order valence-electron chi connectivity index (χ3n) is 6.36. The smallest absolute Gasteiger partial charge is 0.348 e. The fourth-order valence-corrected chi connectivity index (χ4v) is 5.78. The van der Waals surface area contributed by atoms with Crippen LogP contribution < -0.4 is 9.47 Å². The van der Waals surface area contributed by atoms with Crippen molar-refractivity contribution in [3.05, 3.63) is 97.2 Å². The summed E-state index contributed by atoms with van der Waals surface area (Å²) in [7, 11) is 0. The van der Waals surface area contributed by atoms with Crippen molar-refractivity contribution < 1.29 is 33.3 Å². The Hall–Kier alpha value is -4.39. The Morgan fingerprint density at radius 2 is 1.70 bits per heavy atom. The average molecular weight is 636 g/mol. The van der Waals surface area contributed by atoms with Gasteiger partial charge in [-0.3, -0.25) is 4.79 Å². The number of hydrogen-bond donors (Lipinski definition) is 0. The molecule has 0 N–H and O–H groups in total. The molecule has 0 saturated heterocycles. The van der Waals surface area contributed by atoms with Crippen LogP contribution in [0.15, 0.2) is 54.6 Å². The Kier molecular flexibility index (Phi) is 12.8. The Bertz CT molecular complexity index is 1620. The Morgan fingerprint density at radius 1 is 1.00 bits per heavy atom. The molecular weight excluding hydrogens is 602 g/mol. The van der Waals surface area contributed by atoms with E-state index in [1.165, 1.54) is 6.08 Å². The minimum absolute atomic E-state index is 0.118. The second-order valence-corrected chi connectivity index (χ2v) is 10.9. The van der Waals surface area contributed by atoms with Crippen LogP contribution in [0.1, 0.15) is 67.9 Å². The second-order valence-electron chi connectivity index (χ2n) is 9.38. The monoisotopic (exact) mass is 635 g/mol. The molecule has 0 aliphatic heterocycles. The molecule has 0 aliphatic rings. The van der Waals surface area contributed by atoms with E-state index in [4.69, 9.17) is 30.5 Å². The van der Waals surface area contributed by atoms with E-state index in [0.717, 1.165) is 22.5 Å². The van der Waals surface area contributed by atoms with E-state index in [0.29, 0.717) is 45.6 Å². The Balaban J connectivity index is 2.00. The molecular formula is C34H34ClNO7S. The third-order valence-corrected chi connectivity index (χ3v) is 8.00. The van der Waals surface area contributed by atoms with E-state index < -0.39 is 17.7 Å². The number of benzene rings is 2. The van der Waals surface area contributed by atoms with Crippen LogP contribution in [0.3, 0.4) is 0 Å². The zero-order valence-corrected chi connectivity index (χ0v) is 26.7. The molecule has 0 bridgehead atoms. The number of Topliss-reactive ketones (excluding diaryl/α,β-unsaturated/α-hetero) is 1. The Morgan fingerprint density at radius 3 is 2.34 bits per heavy atom. The van der Waals surface area contributed by atoms with E-state index >= 15 is 0 Å². The number of nitriles is 1. The lowest BCUT2D eigenvalue weighted by Crippen LogP contribution is -2.12. The highest BCUT2D eigenvalue weighted by Crippen LogP contribution is 2.36. The van der Waals surface area contributed by atoms with Gasteiger partial charge in [0.2, 0.25) is 0 Å². The van der Waals surface area contributed by atoms with Crippen LogP contribution in [0.25, 0.3) is 6.08 Å². The van der Waals surface area contributed by atoms with Gasteiger partial charge in [0.1, 0.15) is 17.6 Å². The van der Waals surface area contributed by atoms with Crippen molar-refractivity contribution >= 4 is 46.7 Å². The number of carbonyl (C=O) groups excluding carboxylic acids is 3. The van der Waals surface area contributed by atoms with E-state index in [9.17, 15) is 19.6 Å². The van der Waals surface area contributed by atoms with Gasteiger partial charge < -0.3 is 18.9 Å². The summed E-state index contributed by atoms with van der Waals surface area (Å²) in [6.45, 7) is 11.5. The number of rotatable bonds is 15. The van der Waals surface area contributed by atoms with Crippen molar-refractivity contribution in [3.63, 3.8) is 0 Å². The number of nitrogens with zero attached hydrogens (tertiary/aromatic N) is 1. The van der Waals surface area contributed by atoms with Crippen LogP contribution in [0.4, 0.5) is 0 Å². The lowest BCUT2D eigenvalue weighted by Gasteiger charge is -2.17. The maximum Gasteiger partial charge on any atom is 0.348 e. The Labute approximate surface area is 266 Å². The van der Waals surface area contributed by atoms with Crippen molar-refractivity contribution in [1.29, 1.82) is 5.26 Å². The predicted octanol–water partition coefficient (Wildman–Crippen LogP) is 7.49. The van der Waals surface area contributed by atoms with E-state index in [1.54, 1.807) is 45.0 Å². The van der Waals surface area contributed by atoms with Gasteiger partial charge in [-0.25, -0.2) is 9.59 Å². The summed E-state index contributed by atoms with van der Waals surface area (Å²) >= 11 is 7.30. The molecule has 0 atom stereocenters. The van der Waals surface area contributed by atoms with E-state index in [2.05, 4.69) is 6.58 Å². The van der Waals surface area contributed by atoms with Crippen LogP contribution in [0.5, 0.6) is 11.5 Å². The van der Waals surface area contributed by atoms with Gasteiger partial charge in [-0.05, 0) is 69.5 Å². The summed E-state index contributed by atoms with van der Waals surface area (Å²) < 4.78 is 22.4. The second kappa shape index (κ2) is 16.5. The van der Waals surface area contributed by atoms with Gasteiger partial charge >= 0.3 is 11.9 Å². The molecule has 0 aliphatic carbocycles. The number of allylic oxidation sites excluding steroid dienone is 2. The highest BCUT2D eigenvalue weighted by Gasteiger charge is 2.28. The van der Waals surface area contributed by atoms with Gasteiger partial charge in [-0.15, -0.1) is 17.9 Å². The first kappa shape index (κ1) is 34.1. The number of hydrogen-bond acceptors (Lipinski definition) is 9. The molecule has 0 spiro atoms. The number of carbonyl (C=O) groups is 3. The average Bonchev–Trinajstić information content (AvgIpc) is 3.32. The molecule has 1 aromatic heterocycles. The van der Waals surface area contributed by atoms with Gasteiger partial charge in [0.25, 0.3) is 0 Å². The zero-order chi connectivity index (χ0) is 32.2. The molecule has 0 amide bonds. The van der Waals surface area contributed by atoms with E-state index in [-0.39, 0.29) is 42.3 Å². The van der Waals surface area contributed by atoms with Crippen LogP contribution in [-0.2, 0) is 33.7 Å². The zero-order valence-electron chi connectivity index (χ0n) is 25.2. The summed E-state index contributed by atoms with van der Waals surface area (Å²) in [5.74, 6) is -0.826. The maximum atomic E-state index is 13.4. The molecule has 3 rings (SSSR count). The van der Waals surface area contributed by atoms with Crippen molar-refractivity contribution in [1.82, 2.24) is 0 Å². The van der Waals surface area contributed by atoms with Crippen molar-refractivity contribution in [2.75, 3.05) is 19.8 Å². The minimum Gasteiger partial charge on any atom is -0.490 e. The molecule has 8 nitrogen and oxygen atoms in total. The minimum atomic E-state index is -0.648. The molecule has 0 saturated carbocycles. The third kappa shape index (κ3) is 8.37. The molecule has 0 fully saturated rings. The number of thiophene rings is 1. The predicted molar refractivity (Wildman–Crippen MR) is 171 cm³/mol. The van der Waals surface area contributed by atoms with E-state index in [1.807, 2.05) is 31.2 Å². The first-order chi connectivity index (χ1) is 21.2. The van der Waals surface area contributed by atoms with Crippen LogP contribution in [0.2, 0.25) is 5.02 Å². The van der Waals surface area contributed by atoms with Gasteiger partial charge in [0.05, 0.1) is 31.0 Å². The first-order valence-corrected chi connectivity index (χ1v) is 15.3. The number of ether oxygens (including phenoxy) is 4. The van der Waals surface area contributed by atoms with Gasteiger partial charge in [0, 0.05) is 27.4 Å². The van der Waals surface area contributed by atoms with Gasteiger partial charge in [-0.1, -0.05) is 35.9 Å². The number of esters is 2. The topological polar surface area (TPSA) is 112 Å². The summed E-state index contributed by atoms with van der Waals surface area (Å²) in [6.07, 6.45) is 3.33. The highest BCUT2D eigenvalue weighted by molar-refractivity contribution is 7.14. The number of ketones is 1. The largest absolute Gasteiger partial charge is 0.490 e. The van der Waals surface area contributed by atoms with Crippen molar-refractivity contribution in [3.8, 4) is 17.6 Å². The van der Waals surface area contributed by atoms with Gasteiger partial charge in [0.15, 0.2) is 17.3 Å². The first-order valence-electron chi connectivity index (χ1n) is 14.1. The number of halogens is 1. The fourth-order valence-electron chi connectivity index (χ4n) is 4.41. The molecule has 3 aromatic rings. The summed E-state index contributed by atoms with van der Waals surface area (Å²) in [5, 5.41) is 10.5. The van der Waals surface area contributed by atoms with Crippen LogP contribution in [0, 0.1) is 18.3 Å². The summed E-state index contributed by atoms with van der Waals surface area (Å²) in [6, 6.07) is 12.8. The molecule has 0 radical (unpaired) electrons. The van der Waals surface area contributed by atoms with Crippen LogP contribution in [-0.4, -0.2) is 37.5 Å². The fraction of sp³-hybridized carbons (Fsp3) is 0.294. The van der Waals surface area contributed by atoms with Crippen molar-refractivity contribution in [2.24, 2.45) is 0 Å². The molecule has 2 aromatic carbocycles. The molecule has 10 heteroatoms. The lowest BCUT2D eigenvalue weighted by molar-refractivity contribution is -0.114. The van der Waals surface area contributed by atoms with Crippen LogP contribution >= 0.6 is 22.9 Å². The van der Waals surface area contributed by atoms with Gasteiger partial charge in [-0.2, -0.15) is 5.26 Å². The molecule has 44 heavy (non-hydrogen) atoms. The normalized spacial score (nSPS) is 11.0. The SMILES string of the molecule is C=CCc1cc(/C=C(/C#N)C(=O)Cc2sc(C(=O)OCC)c(C)c2C(=O)OCC)cc(OCC)c1OCc1ccccc1Cl. The standard InChI is InChI=1S/C34H34ClNO7S/c1-6-12-23-15-22(17-28(40-7-2)31(23)43-20-24-13-10-11-14-26(24)35)16-25(19-36)27(37)18-29-30(33(38)41-8-3)21(5)32(44-29)34(39)42-9-4/h6,10-11,13-17H,1,7-9,12,18,20H2,2-5H3/b25-16-. The molecule has 0 unspecified atom stereocenters.